The highest BCUT2D eigenvalue weighted by atomic mass is 14.4. The van der Waals surface area contributed by atoms with Crippen molar-refractivity contribution in [1.82, 2.24) is 0 Å². The molecule has 0 N–H and O–H groups in total. The summed E-state index contributed by atoms with van der Waals surface area (Å²) in [6, 6.07) is 21.2. The highest BCUT2D eigenvalue weighted by Crippen LogP contribution is 2.49. The SMILES string of the molecule is Cc1cc(C)cc(C(c2cc(C)cc(C)c2)(c2cc(C)cc(C)c2)C2C=CC=C2)c1. The molecule has 3 aromatic rings. The van der Waals surface area contributed by atoms with Crippen molar-refractivity contribution >= 4 is 0 Å². The van der Waals surface area contributed by atoms with Gasteiger partial charge in [-0.2, -0.15) is 0 Å². The minimum Gasteiger partial charge on any atom is -0.0761 e. The van der Waals surface area contributed by atoms with E-state index in [4.69, 9.17) is 0 Å². The first kappa shape index (κ1) is 20.4. The van der Waals surface area contributed by atoms with Crippen LogP contribution in [0.5, 0.6) is 0 Å². The minimum absolute atomic E-state index is 0.265. The Bertz CT molecular complexity index is 959. The van der Waals surface area contributed by atoms with Gasteiger partial charge in [-0.15, -0.1) is 0 Å². The average Bonchev–Trinajstić information content (AvgIpc) is 3.15. The summed E-state index contributed by atoms with van der Waals surface area (Å²) in [5.74, 6) is 0.265. The molecule has 30 heavy (non-hydrogen) atoms. The van der Waals surface area contributed by atoms with E-state index in [-0.39, 0.29) is 11.3 Å². The second-order valence-corrected chi connectivity index (χ2v) is 9.23. The maximum Gasteiger partial charge on any atom is 0.0548 e. The molecule has 0 bridgehead atoms. The monoisotopic (exact) mass is 392 g/mol. The summed E-state index contributed by atoms with van der Waals surface area (Å²) < 4.78 is 0. The predicted molar refractivity (Wildman–Crippen MR) is 129 cm³/mol. The molecule has 0 fully saturated rings. The molecule has 0 heterocycles. The molecule has 0 aromatic heterocycles. The maximum atomic E-state index is 2.39. The highest BCUT2D eigenvalue weighted by molar-refractivity contribution is 5.58. The van der Waals surface area contributed by atoms with Gasteiger partial charge in [0.25, 0.3) is 0 Å². The Morgan fingerprint density at radius 2 is 0.700 bits per heavy atom. The zero-order chi connectivity index (χ0) is 21.5. The van der Waals surface area contributed by atoms with E-state index in [0.29, 0.717) is 0 Å². The highest BCUT2D eigenvalue weighted by Gasteiger charge is 2.43. The van der Waals surface area contributed by atoms with Crippen LogP contribution in [-0.2, 0) is 5.41 Å². The molecule has 3 aromatic carbocycles. The first-order chi connectivity index (χ1) is 14.3. The van der Waals surface area contributed by atoms with Crippen molar-refractivity contribution in [2.24, 2.45) is 5.92 Å². The maximum absolute atomic E-state index is 2.39. The van der Waals surface area contributed by atoms with Crippen LogP contribution < -0.4 is 0 Å². The molecule has 0 atom stereocenters. The molecule has 0 nitrogen and oxygen atoms in total. The number of rotatable bonds is 4. The first-order valence-electron chi connectivity index (χ1n) is 10.9. The Labute approximate surface area is 182 Å². The number of hydrogen-bond donors (Lipinski definition) is 0. The predicted octanol–water partition coefficient (Wildman–Crippen LogP) is 7.61. The van der Waals surface area contributed by atoms with Gasteiger partial charge in [0.2, 0.25) is 0 Å². The fraction of sp³-hybridized carbons (Fsp3) is 0.267. The summed E-state index contributed by atoms with van der Waals surface area (Å²) in [7, 11) is 0. The molecule has 0 heteroatoms. The van der Waals surface area contributed by atoms with Gasteiger partial charge in [0.15, 0.2) is 0 Å². The summed E-state index contributed by atoms with van der Waals surface area (Å²) in [5.41, 5.74) is 11.7. The lowest BCUT2D eigenvalue weighted by atomic mass is 9.61. The van der Waals surface area contributed by atoms with E-state index in [1.54, 1.807) is 0 Å². The normalized spacial score (nSPS) is 13.9. The summed E-state index contributed by atoms with van der Waals surface area (Å²) in [6.45, 7) is 13.3. The molecule has 4 rings (SSSR count). The summed E-state index contributed by atoms with van der Waals surface area (Å²) in [4.78, 5) is 0. The van der Waals surface area contributed by atoms with E-state index >= 15 is 0 Å². The van der Waals surface area contributed by atoms with Gasteiger partial charge in [0, 0.05) is 5.92 Å². The largest absolute Gasteiger partial charge is 0.0761 e. The summed E-state index contributed by atoms with van der Waals surface area (Å²) >= 11 is 0. The van der Waals surface area contributed by atoms with E-state index < -0.39 is 0 Å². The Balaban J connectivity index is 2.18. The molecular weight excluding hydrogens is 360 g/mol. The fourth-order valence-corrected chi connectivity index (χ4v) is 5.40. The number of allylic oxidation sites excluding steroid dienone is 4. The van der Waals surface area contributed by atoms with Gasteiger partial charge in [-0.3, -0.25) is 0 Å². The van der Waals surface area contributed by atoms with Crippen molar-refractivity contribution in [3.8, 4) is 0 Å². The van der Waals surface area contributed by atoms with Gasteiger partial charge in [-0.25, -0.2) is 0 Å². The molecule has 0 radical (unpaired) electrons. The molecule has 1 aliphatic carbocycles. The standard InChI is InChI=1S/C30H32/c1-20-11-21(2)15-27(14-20)30(26-9-7-8-10-26,28-16-22(3)12-23(4)17-28)29-18-24(5)13-25(6)19-29/h7-19,26H,1-6H3. The van der Waals surface area contributed by atoms with Crippen molar-refractivity contribution < 1.29 is 0 Å². The first-order valence-corrected chi connectivity index (χ1v) is 10.9. The zero-order valence-corrected chi connectivity index (χ0v) is 19.1. The molecule has 0 amide bonds. The third-order valence-corrected chi connectivity index (χ3v) is 6.28. The van der Waals surface area contributed by atoms with E-state index in [1.807, 2.05) is 0 Å². The summed E-state index contributed by atoms with van der Waals surface area (Å²) in [5, 5.41) is 0. The van der Waals surface area contributed by atoms with Gasteiger partial charge in [0.1, 0.15) is 0 Å². The molecule has 0 aliphatic heterocycles. The number of hydrogen-bond acceptors (Lipinski definition) is 0. The number of aryl methyl sites for hydroxylation is 6. The van der Waals surface area contributed by atoms with Crippen molar-refractivity contribution in [2.45, 2.75) is 47.0 Å². The fourth-order valence-electron chi connectivity index (χ4n) is 5.40. The average molecular weight is 393 g/mol. The van der Waals surface area contributed by atoms with Gasteiger partial charge in [-0.05, 0) is 58.2 Å². The molecule has 0 saturated carbocycles. The van der Waals surface area contributed by atoms with Crippen LogP contribution in [0.15, 0.2) is 78.9 Å². The van der Waals surface area contributed by atoms with E-state index in [1.165, 1.54) is 50.1 Å². The lowest BCUT2D eigenvalue weighted by molar-refractivity contribution is 0.526. The van der Waals surface area contributed by atoms with Gasteiger partial charge >= 0.3 is 0 Å². The van der Waals surface area contributed by atoms with E-state index in [0.717, 1.165) is 0 Å². The summed E-state index contributed by atoms with van der Waals surface area (Å²) in [6.07, 6.45) is 9.14. The van der Waals surface area contributed by atoms with E-state index in [2.05, 4.69) is 120 Å². The van der Waals surface area contributed by atoms with Gasteiger partial charge < -0.3 is 0 Å². The van der Waals surface area contributed by atoms with Crippen LogP contribution in [0, 0.1) is 47.5 Å². The Hall–Kier alpha value is -2.86. The lowest BCUT2D eigenvalue weighted by Crippen LogP contribution is -2.36. The third kappa shape index (κ3) is 3.56. The van der Waals surface area contributed by atoms with Crippen LogP contribution >= 0.6 is 0 Å². The third-order valence-electron chi connectivity index (χ3n) is 6.28. The number of benzene rings is 3. The Morgan fingerprint density at radius 3 is 0.967 bits per heavy atom. The van der Waals surface area contributed by atoms with Crippen LogP contribution in [-0.4, -0.2) is 0 Å². The van der Waals surface area contributed by atoms with Crippen LogP contribution in [0.25, 0.3) is 0 Å². The lowest BCUT2D eigenvalue weighted by Gasteiger charge is -2.41. The topological polar surface area (TPSA) is 0 Å². The molecule has 1 aliphatic rings. The second-order valence-electron chi connectivity index (χ2n) is 9.23. The molecule has 0 spiro atoms. The molecule has 0 saturated heterocycles. The van der Waals surface area contributed by atoms with Gasteiger partial charge in [0.05, 0.1) is 5.41 Å². The molecule has 0 unspecified atom stereocenters. The molecular formula is C30H32. The second kappa shape index (κ2) is 7.76. The Kier molecular flexibility index (Phi) is 5.28. The van der Waals surface area contributed by atoms with Crippen molar-refractivity contribution in [1.29, 1.82) is 0 Å². The van der Waals surface area contributed by atoms with Crippen LogP contribution in [0.4, 0.5) is 0 Å². The zero-order valence-electron chi connectivity index (χ0n) is 19.1. The van der Waals surface area contributed by atoms with Crippen molar-refractivity contribution in [3.63, 3.8) is 0 Å². The van der Waals surface area contributed by atoms with Crippen LogP contribution in [0.3, 0.4) is 0 Å². The van der Waals surface area contributed by atoms with Crippen LogP contribution in [0.2, 0.25) is 0 Å². The van der Waals surface area contributed by atoms with Crippen LogP contribution in [0.1, 0.15) is 50.1 Å². The molecule has 152 valence electrons. The smallest absolute Gasteiger partial charge is 0.0548 e. The van der Waals surface area contributed by atoms with Gasteiger partial charge in [-0.1, -0.05) is 112 Å². The Morgan fingerprint density at radius 1 is 0.433 bits per heavy atom. The van der Waals surface area contributed by atoms with Crippen molar-refractivity contribution in [2.75, 3.05) is 0 Å². The quantitative estimate of drug-likeness (QED) is 0.401. The minimum atomic E-state index is -0.270. The van der Waals surface area contributed by atoms with Crippen molar-refractivity contribution in [3.05, 3.63) is 129 Å². The van der Waals surface area contributed by atoms with E-state index in [9.17, 15) is 0 Å².